The lowest BCUT2D eigenvalue weighted by atomic mass is 9.82. The third-order valence-corrected chi connectivity index (χ3v) is 7.31. The van der Waals surface area contributed by atoms with Gasteiger partial charge in [0.25, 0.3) is 0 Å². The SMILES string of the molecule is CS(=O)(=O)N[C@H]1CCN(c2[nH]ccc(=O)c2F)[C@H]1COC1CCC(c2cccc(F)c2)CC1. The number of halogens is 2. The van der Waals surface area contributed by atoms with Crippen LogP contribution in [0.2, 0.25) is 0 Å². The van der Waals surface area contributed by atoms with Gasteiger partial charge in [0.05, 0.1) is 25.0 Å². The van der Waals surface area contributed by atoms with E-state index in [1.165, 1.54) is 12.3 Å². The molecule has 1 aromatic carbocycles. The molecule has 1 saturated carbocycles. The predicted molar refractivity (Wildman–Crippen MR) is 122 cm³/mol. The summed E-state index contributed by atoms with van der Waals surface area (Å²) in [6.45, 7) is 0.573. The number of hydrogen-bond donors (Lipinski definition) is 2. The van der Waals surface area contributed by atoms with Gasteiger partial charge in [-0.15, -0.1) is 0 Å². The zero-order valence-electron chi connectivity index (χ0n) is 18.5. The number of anilines is 1. The van der Waals surface area contributed by atoms with E-state index in [2.05, 4.69) is 9.71 Å². The van der Waals surface area contributed by atoms with Gasteiger partial charge in [0, 0.05) is 24.8 Å². The maximum Gasteiger partial charge on any atom is 0.219 e. The smallest absolute Gasteiger partial charge is 0.219 e. The summed E-state index contributed by atoms with van der Waals surface area (Å²) in [6.07, 6.45) is 6.25. The third-order valence-electron chi connectivity index (χ3n) is 6.57. The summed E-state index contributed by atoms with van der Waals surface area (Å²) < 4.78 is 60.6. The third kappa shape index (κ3) is 5.80. The maximum absolute atomic E-state index is 14.5. The van der Waals surface area contributed by atoms with Crippen LogP contribution in [-0.4, -0.2) is 51.0 Å². The maximum atomic E-state index is 14.5. The first-order valence-electron chi connectivity index (χ1n) is 11.2. The molecule has 2 N–H and O–H groups in total. The van der Waals surface area contributed by atoms with E-state index in [-0.39, 0.29) is 30.3 Å². The van der Waals surface area contributed by atoms with Crippen LogP contribution in [0, 0.1) is 11.6 Å². The first-order chi connectivity index (χ1) is 15.7. The van der Waals surface area contributed by atoms with Crippen molar-refractivity contribution in [2.45, 2.75) is 56.2 Å². The van der Waals surface area contributed by atoms with Crippen molar-refractivity contribution in [3.63, 3.8) is 0 Å². The van der Waals surface area contributed by atoms with Gasteiger partial charge in [0.15, 0.2) is 0 Å². The molecule has 0 radical (unpaired) electrons. The molecule has 1 aliphatic carbocycles. The fraction of sp³-hybridized carbons (Fsp3) is 0.522. The molecule has 2 heterocycles. The molecule has 0 unspecified atom stereocenters. The van der Waals surface area contributed by atoms with Gasteiger partial charge >= 0.3 is 0 Å². The van der Waals surface area contributed by atoms with Crippen molar-refractivity contribution in [1.82, 2.24) is 9.71 Å². The van der Waals surface area contributed by atoms with Gasteiger partial charge in [0.1, 0.15) is 11.6 Å². The van der Waals surface area contributed by atoms with E-state index in [4.69, 9.17) is 4.74 Å². The molecule has 2 aromatic rings. The average Bonchev–Trinajstić information content (AvgIpc) is 3.15. The van der Waals surface area contributed by atoms with Crippen molar-refractivity contribution in [3.05, 3.63) is 63.9 Å². The molecule has 1 aromatic heterocycles. The molecule has 7 nitrogen and oxygen atoms in total. The van der Waals surface area contributed by atoms with Crippen LogP contribution < -0.4 is 15.1 Å². The highest BCUT2D eigenvalue weighted by molar-refractivity contribution is 7.88. The number of benzene rings is 1. The molecule has 0 amide bonds. The molecule has 2 atom stereocenters. The number of pyridine rings is 1. The van der Waals surface area contributed by atoms with Crippen LogP contribution in [-0.2, 0) is 14.8 Å². The lowest BCUT2D eigenvalue weighted by Crippen LogP contribution is -2.48. The molecule has 2 fully saturated rings. The minimum absolute atomic E-state index is 0.0178. The molecule has 33 heavy (non-hydrogen) atoms. The molecular formula is C23H29F2N3O4S. The van der Waals surface area contributed by atoms with Gasteiger partial charge in [0.2, 0.25) is 21.3 Å². The zero-order valence-corrected chi connectivity index (χ0v) is 19.3. The van der Waals surface area contributed by atoms with Gasteiger partial charge in [-0.25, -0.2) is 17.5 Å². The standard InChI is InChI=1S/C23H29F2N3O4S/c1-33(30,31)27-19-10-12-28(23-22(25)21(29)9-11-26-23)20(19)14-32-18-7-5-15(6-8-18)16-3-2-4-17(24)13-16/h2-4,9,11,13,15,18-20,27H,5-8,10,12,14H2,1H3,(H,26,29)/t15?,18?,19-,20-/m0/s1. The number of aromatic nitrogens is 1. The van der Waals surface area contributed by atoms with Crippen molar-refractivity contribution in [3.8, 4) is 0 Å². The monoisotopic (exact) mass is 481 g/mol. The fourth-order valence-electron chi connectivity index (χ4n) is 4.97. The van der Waals surface area contributed by atoms with Crippen molar-refractivity contribution < 1.29 is 21.9 Å². The Morgan fingerprint density at radius 3 is 2.61 bits per heavy atom. The Morgan fingerprint density at radius 1 is 1.15 bits per heavy atom. The van der Waals surface area contributed by atoms with Crippen LogP contribution >= 0.6 is 0 Å². The molecule has 1 aliphatic heterocycles. The number of H-pyrrole nitrogens is 1. The Labute approximate surface area is 192 Å². The number of nitrogens with zero attached hydrogens (tertiary/aromatic N) is 1. The predicted octanol–water partition coefficient (Wildman–Crippen LogP) is 2.89. The highest BCUT2D eigenvalue weighted by Gasteiger charge is 2.38. The molecule has 1 saturated heterocycles. The second-order valence-corrected chi connectivity index (χ2v) is 10.7. The van der Waals surface area contributed by atoms with E-state index in [1.54, 1.807) is 17.0 Å². The largest absolute Gasteiger partial charge is 0.376 e. The van der Waals surface area contributed by atoms with Gasteiger partial charge in [-0.3, -0.25) is 4.79 Å². The molecular weight excluding hydrogens is 452 g/mol. The number of rotatable bonds is 7. The van der Waals surface area contributed by atoms with E-state index in [0.717, 1.165) is 43.6 Å². The summed E-state index contributed by atoms with van der Waals surface area (Å²) in [5.41, 5.74) is 0.273. The van der Waals surface area contributed by atoms with Crippen LogP contribution in [0.1, 0.15) is 43.6 Å². The normalized spacial score (nSPS) is 26.0. The number of aromatic amines is 1. The number of nitrogens with one attached hydrogen (secondary N) is 2. The van der Waals surface area contributed by atoms with Crippen molar-refractivity contribution in [2.24, 2.45) is 0 Å². The summed E-state index contributed by atoms with van der Waals surface area (Å²) in [6, 6.07) is 6.88. The highest BCUT2D eigenvalue weighted by Crippen LogP contribution is 2.35. The van der Waals surface area contributed by atoms with Crippen LogP contribution in [0.15, 0.2) is 41.3 Å². The van der Waals surface area contributed by atoms with Gasteiger partial charge in [-0.2, -0.15) is 4.39 Å². The van der Waals surface area contributed by atoms with Crippen molar-refractivity contribution >= 4 is 15.8 Å². The average molecular weight is 482 g/mol. The summed E-state index contributed by atoms with van der Waals surface area (Å²) in [5, 5.41) is 0. The van der Waals surface area contributed by atoms with E-state index in [9.17, 15) is 22.0 Å². The molecule has 4 rings (SSSR count). The van der Waals surface area contributed by atoms with Gasteiger partial charge in [-0.05, 0) is 55.7 Å². The molecule has 10 heteroatoms. The first kappa shape index (κ1) is 23.8. The van der Waals surface area contributed by atoms with Crippen LogP contribution in [0.3, 0.4) is 0 Å². The number of hydrogen-bond acceptors (Lipinski definition) is 5. The number of sulfonamides is 1. The Bertz CT molecular complexity index is 1130. The summed E-state index contributed by atoms with van der Waals surface area (Å²) >= 11 is 0. The van der Waals surface area contributed by atoms with Crippen molar-refractivity contribution in [2.75, 3.05) is 24.3 Å². The summed E-state index contributed by atoms with van der Waals surface area (Å²) in [7, 11) is -3.48. The van der Waals surface area contributed by atoms with E-state index < -0.39 is 33.4 Å². The second-order valence-electron chi connectivity index (χ2n) is 8.91. The lowest BCUT2D eigenvalue weighted by molar-refractivity contribution is 0.0155. The Hall–Kier alpha value is -2.30. The van der Waals surface area contributed by atoms with Crippen LogP contribution in [0.5, 0.6) is 0 Å². The Morgan fingerprint density at radius 2 is 1.91 bits per heavy atom. The van der Waals surface area contributed by atoms with Crippen molar-refractivity contribution in [1.29, 1.82) is 0 Å². The van der Waals surface area contributed by atoms with E-state index in [0.29, 0.717) is 13.0 Å². The Kier molecular flexibility index (Phi) is 7.16. The molecule has 0 bridgehead atoms. The summed E-state index contributed by atoms with van der Waals surface area (Å²) in [4.78, 5) is 16.3. The summed E-state index contributed by atoms with van der Waals surface area (Å²) in [5.74, 6) is -0.795. The zero-order chi connectivity index (χ0) is 23.6. The highest BCUT2D eigenvalue weighted by atomic mass is 32.2. The minimum atomic E-state index is -3.48. The van der Waals surface area contributed by atoms with Gasteiger partial charge in [-0.1, -0.05) is 12.1 Å². The topological polar surface area (TPSA) is 91.5 Å². The van der Waals surface area contributed by atoms with Crippen LogP contribution in [0.25, 0.3) is 0 Å². The first-order valence-corrected chi connectivity index (χ1v) is 13.1. The van der Waals surface area contributed by atoms with E-state index >= 15 is 0 Å². The lowest BCUT2D eigenvalue weighted by Gasteiger charge is -2.33. The molecule has 180 valence electrons. The molecule has 2 aliphatic rings. The minimum Gasteiger partial charge on any atom is -0.376 e. The number of ether oxygens (including phenoxy) is 1. The quantitative estimate of drug-likeness (QED) is 0.635. The second kappa shape index (κ2) is 9.90. The molecule has 0 spiro atoms. The van der Waals surface area contributed by atoms with E-state index in [1.807, 2.05) is 6.07 Å². The van der Waals surface area contributed by atoms with Crippen LogP contribution in [0.4, 0.5) is 14.6 Å². The Balaban J connectivity index is 1.43. The fourth-order valence-corrected chi connectivity index (χ4v) is 5.79. The van der Waals surface area contributed by atoms with Gasteiger partial charge < -0.3 is 14.6 Å².